The summed E-state index contributed by atoms with van der Waals surface area (Å²) >= 11 is 0. The molecule has 0 bridgehead atoms. The van der Waals surface area contributed by atoms with E-state index in [1.54, 1.807) is 14.0 Å². The molecule has 0 aliphatic carbocycles. The number of rotatable bonds is 2. The molecule has 0 aliphatic heterocycles. The monoisotopic (exact) mass is 205 g/mol. The average Bonchev–Trinajstić information content (AvgIpc) is 1.84. The number of nitrogens with one attached hydrogen (secondary N) is 1. The van der Waals surface area contributed by atoms with Gasteiger partial charge in [0.05, 0.1) is 7.11 Å². The van der Waals surface area contributed by atoms with E-state index in [4.69, 9.17) is 0 Å². The van der Waals surface area contributed by atoms with E-state index in [0.717, 1.165) is 0 Å². The van der Waals surface area contributed by atoms with E-state index in [-0.39, 0.29) is 38.7 Å². The average molecular weight is 205 g/mol. The second-order valence-electron chi connectivity index (χ2n) is 1.37. The molecule has 0 saturated heterocycles. The molecule has 0 spiro atoms. The molecule has 4 heteroatoms. The zero-order chi connectivity index (χ0) is 6.57. The van der Waals surface area contributed by atoms with Gasteiger partial charge < -0.3 is 10.1 Å². The van der Waals surface area contributed by atoms with Crippen LogP contribution in [0.15, 0.2) is 0 Å². The molecule has 9 heavy (non-hydrogen) atoms. The number of esters is 1. The zero-order valence-corrected chi connectivity index (χ0v) is 8.73. The fourth-order valence-electron chi connectivity index (χ4n) is 0.255. The summed E-state index contributed by atoms with van der Waals surface area (Å²) in [7, 11) is 3.02. The van der Waals surface area contributed by atoms with Gasteiger partial charge in [0.15, 0.2) is 5.97 Å². The van der Waals surface area contributed by atoms with Crippen LogP contribution in [-0.4, -0.2) is 20.1 Å². The van der Waals surface area contributed by atoms with Gasteiger partial charge in [0, 0.05) is 32.7 Å². The summed E-state index contributed by atoms with van der Waals surface area (Å²) in [6.07, 6.45) is 0. The van der Waals surface area contributed by atoms with Gasteiger partial charge in [-0.25, -0.2) is 6.04 Å². The number of carbonyl (C=O) groups is 1. The maximum atomic E-state index is 10.4. The molecular formula is C5H10NO2Y-. The normalized spacial score (nSPS) is 7.44. The van der Waals surface area contributed by atoms with Crippen LogP contribution in [-0.2, 0) is 42.2 Å². The van der Waals surface area contributed by atoms with Crippen molar-refractivity contribution < 1.29 is 42.2 Å². The van der Waals surface area contributed by atoms with E-state index in [9.17, 15) is 4.79 Å². The Morgan fingerprint density at radius 1 is 1.67 bits per heavy atom. The standard InChI is InChI=1S/C5H10NO2.Y/c1-4(6-2)5(7)8-3;/h6H,1-3H3;/q-1;. The minimum absolute atomic E-state index is 0. The topological polar surface area (TPSA) is 38.3 Å². The smallest absolute Gasteiger partial charge is 0.181 e. The largest absolute Gasteiger partial charge is 0.490 e. The van der Waals surface area contributed by atoms with Crippen molar-refractivity contribution in [3.05, 3.63) is 6.04 Å². The number of carbonyl (C=O) groups excluding carboxylic acids is 1. The third-order valence-corrected chi connectivity index (χ3v) is 0.867. The summed E-state index contributed by atoms with van der Waals surface area (Å²) in [6.45, 7) is 1.66. The van der Waals surface area contributed by atoms with Crippen molar-refractivity contribution in [2.45, 2.75) is 6.92 Å². The summed E-state index contributed by atoms with van der Waals surface area (Å²) in [6, 6.07) is 0.521. The second-order valence-corrected chi connectivity index (χ2v) is 1.37. The van der Waals surface area contributed by atoms with Crippen molar-refractivity contribution in [2.75, 3.05) is 14.2 Å². The van der Waals surface area contributed by atoms with Crippen LogP contribution in [0.5, 0.6) is 0 Å². The molecule has 0 aromatic rings. The Hall–Kier alpha value is 0.404. The Labute approximate surface area is 80.4 Å². The Balaban J connectivity index is 0. The first-order valence-corrected chi connectivity index (χ1v) is 2.32. The molecule has 0 heterocycles. The van der Waals surface area contributed by atoms with Crippen LogP contribution in [0.2, 0.25) is 0 Å². The van der Waals surface area contributed by atoms with E-state index < -0.39 is 0 Å². The summed E-state index contributed by atoms with van der Waals surface area (Å²) in [5.41, 5.74) is 0. The van der Waals surface area contributed by atoms with Crippen LogP contribution in [0.3, 0.4) is 0 Å². The van der Waals surface area contributed by atoms with Crippen molar-refractivity contribution in [1.29, 1.82) is 0 Å². The fraction of sp³-hybridized carbons (Fsp3) is 0.600. The van der Waals surface area contributed by atoms with Crippen molar-refractivity contribution in [2.24, 2.45) is 0 Å². The van der Waals surface area contributed by atoms with E-state index in [2.05, 4.69) is 10.1 Å². The third-order valence-electron chi connectivity index (χ3n) is 0.867. The van der Waals surface area contributed by atoms with Crippen LogP contribution < -0.4 is 5.32 Å². The van der Waals surface area contributed by atoms with Gasteiger partial charge in [-0.15, -0.1) is 0 Å². The van der Waals surface area contributed by atoms with Crippen LogP contribution in [0.25, 0.3) is 0 Å². The van der Waals surface area contributed by atoms with E-state index in [0.29, 0.717) is 6.04 Å². The van der Waals surface area contributed by atoms with Crippen LogP contribution in [0, 0.1) is 6.04 Å². The van der Waals surface area contributed by atoms with Gasteiger partial charge in [0.2, 0.25) is 0 Å². The molecule has 1 N–H and O–H groups in total. The first kappa shape index (κ1) is 12.1. The summed E-state index contributed by atoms with van der Waals surface area (Å²) < 4.78 is 4.36. The molecule has 51 valence electrons. The van der Waals surface area contributed by atoms with Crippen LogP contribution in [0.1, 0.15) is 6.92 Å². The van der Waals surface area contributed by atoms with Gasteiger partial charge in [0.1, 0.15) is 0 Å². The van der Waals surface area contributed by atoms with Crippen molar-refractivity contribution in [1.82, 2.24) is 5.32 Å². The first-order valence-electron chi connectivity index (χ1n) is 2.32. The van der Waals surface area contributed by atoms with Gasteiger partial charge in [-0.2, -0.15) is 6.92 Å². The summed E-state index contributed by atoms with van der Waals surface area (Å²) in [5.74, 6) is -0.312. The van der Waals surface area contributed by atoms with Gasteiger partial charge in [0.25, 0.3) is 0 Å². The molecule has 0 atom stereocenters. The molecule has 0 saturated carbocycles. The Bertz CT molecular complexity index is 87.0. The van der Waals surface area contributed by atoms with Crippen molar-refractivity contribution >= 4 is 5.97 Å². The molecule has 0 aliphatic rings. The summed E-state index contributed by atoms with van der Waals surface area (Å²) in [5, 5.41) is 2.66. The molecule has 0 rings (SSSR count). The minimum atomic E-state index is -0.312. The van der Waals surface area contributed by atoms with E-state index in [1.165, 1.54) is 7.11 Å². The Kier molecular flexibility index (Phi) is 8.78. The fourth-order valence-corrected chi connectivity index (χ4v) is 0.255. The predicted molar refractivity (Wildman–Crippen MR) is 30.0 cm³/mol. The molecule has 0 unspecified atom stereocenters. The van der Waals surface area contributed by atoms with E-state index >= 15 is 0 Å². The Morgan fingerprint density at radius 2 is 2.11 bits per heavy atom. The molecule has 0 aromatic heterocycles. The molecular weight excluding hydrogens is 195 g/mol. The SMILES string of the molecule is CN[C-](C)C(=O)OC.[Y]. The van der Waals surface area contributed by atoms with Crippen molar-refractivity contribution in [3.8, 4) is 0 Å². The number of likely N-dealkylation sites (N-methyl/N-ethyl adjacent to an activating group) is 1. The number of hydrogen-bond acceptors (Lipinski definition) is 3. The second kappa shape index (κ2) is 6.52. The Morgan fingerprint density at radius 3 is 2.22 bits per heavy atom. The molecule has 0 amide bonds. The molecule has 0 fully saturated rings. The predicted octanol–water partition coefficient (Wildman–Crippen LogP) is -0.0718. The molecule has 0 aromatic carbocycles. The minimum Gasteiger partial charge on any atom is -0.490 e. The number of hydrogen-bond donors (Lipinski definition) is 1. The summed E-state index contributed by atoms with van der Waals surface area (Å²) in [4.78, 5) is 10.4. The van der Waals surface area contributed by atoms with E-state index in [1.807, 2.05) is 0 Å². The van der Waals surface area contributed by atoms with Crippen LogP contribution in [0.4, 0.5) is 0 Å². The van der Waals surface area contributed by atoms with Crippen LogP contribution >= 0.6 is 0 Å². The molecule has 1 radical (unpaired) electrons. The van der Waals surface area contributed by atoms with Gasteiger partial charge >= 0.3 is 0 Å². The van der Waals surface area contributed by atoms with Crippen molar-refractivity contribution in [3.63, 3.8) is 0 Å². The van der Waals surface area contributed by atoms with Gasteiger partial charge in [-0.1, -0.05) is 0 Å². The third kappa shape index (κ3) is 4.88. The maximum absolute atomic E-state index is 10.4. The number of methoxy groups -OCH3 is 1. The molecule has 3 nitrogen and oxygen atoms in total. The zero-order valence-electron chi connectivity index (χ0n) is 5.89. The van der Waals surface area contributed by atoms with Gasteiger partial charge in [-0.05, 0) is 7.05 Å². The number of ether oxygens (including phenoxy) is 1. The quantitative estimate of drug-likeness (QED) is 0.506. The van der Waals surface area contributed by atoms with Gasteiger partial charge in [-0.3, -0.25) is 4.79 Å². The maximum Gasteiger partial charge on any atom is 0.181 e. The first-order chi connectivity index (χ1) is 3.72.